The average molecular weight is 449 g/mol. The number of thiophene rings is 1. The summed E-state index contributed by atoms with van der Waals surface area (Å²) in [7, 11) is 0. The quantitative estimate of drug-likeness (QED) is 0.478. The van der Waals surface area contributed by atoms with E-state index in [1.165, 1.54) is 17.5 Å². The monoisotopic (exact) mass is 449 g/mol. The van der Waals surface area contributed by atoms with Crippen molar-refractivity contribution in [3.05, 3.63) is 42.0 Å². The molecule has 0 aromatic carbocycles. The number of pyridine rings is 1. The second-order valence-corrected chi connectivity index (χ2v) is 8.32. The molecule has 0 bridgehead atoms. The van der Waals surface area contributed by atoms with Crippen LogP contribution in [0, 0.1) is 6.92 Å². The molecule has 1 aliphatic rings. The Balaban J connectivity index is 1.72. The molecule has 0 saturated carbocycles. The van der Waals surface area contributed by atoms with Gasteiger partial charge in [0.15, 0.2) is 11.6 Å². The van der Waals surface area contributed by atoms with E-state index in [4.69, 9.17) is 20.4 Å². The van der Waals surface area contributed by atoms with Gasteiger partial charge in [0.2, 0.25) is 5.95 Å². The number of carboxylic acids is 1. The van der Waals surface area contributed by atoms with Crippen LogP contribution in [-0.4, -0.2) is 62.3 Å². The van der Waals surface area contributed by atoms with Crippen LogP contribution in [-0.2, 0) is 4.74 Å². The number of aryl methyl sites for hydroxylation is 1. The number of aromatic carboxylic acids is 1. The smallest absolute Gasteiger partial charge is 0.337 e. The van der Waals surface area contributed by atoms with Crippen LogP contribution >= 0.6 is 11.3 Å². The van der Waals surface area contributed by atoms with Crippen molar-refractivity contribution < 1.29 is 14.6 Å². The van der Waals surface area contributed by atoms with Crippen LogP contribution in [0.1, 0.15) is 15.9 Å². The molecule has 0 atom stereocenters. The van der Waals surface area contributed by atoms with Gasteiger partial charge in [-0.25, -0.2) is 24.7 Å². The molecule has 5 heterocycles. The Kier molecular flexibility index (Phi) is 5.11. The first-order chi connectivity index (χ1) is 15.5. The van der Waals surface area contributed by atoms with E-state index in [1.807, 2.05) is 6.92 Å². The number of nitrogens with zero attached hydrogens (tertiary/aromatic N) is 6. The number of carbonyl (C=O) groups is 1. The lowest BCUT2D eigenvalue weighted by atomic mass is 10.1. The number of anilines is 2. The first-order valence-electron chi connectivity index (χ1n) is 9.91. The molecular weight excluding hydrogens is 430 g/mol. The van der Waals surface area contributed by atoms with Gasteiger partial charge >= 0.3 is 5.97 Å². The van der Waals surface area contributed by atoms with E-state index in [9.17, 15) is 9.90 Å². The van der Waals surface area contributed by atoms with Crippen LogP contribution in [0.5, 0.6) is 0 Å². The van der Waals surface area contributed by atoms with Gasteiger partial charge in [-0.3, -0.25) is 4.98 Å². The molecule has 1 saturated heterocycles. The number of rotatable bonds is 4. The molecule has 5 rings (SSSR count). The summed E-state index contributed by atoms with van der Waals surface area (Å²) in [6.45, 7) is 4.64. The van der Waals surface area contributed by atoms with E-state index in [0.717, 1.165) is 32.0 Å². The second kappa shape index (κ2) is 8.09. The predicted molar refractivity (Wildman–Crippen MR) is 121 cm³/mol. The molecule has 0 amide bonds. The number of hydrogen-bond donors (Lipinski definition) is 2. The fourth-order valence-corrected chi connectivity index (χ4v) is 4.85. The minimum absolute atomic E-state index is 0.138. The molecule has 4 aromatic heterocycles. The van der Waals surface area contributed by atoms with Gasteiger partial charge < -0.3 is 20.5 Å². The number of hydrogen-bond acceptors (Lipinski definition) is 10. The highest BCUT2D eigenvalue weighted by atomic mass is 32.1. The highest BCUT2D eigenvalue weighted by Crippen LogP contribution is 2.42. The summed E-state index contributed by atoms with van der Waals surface area (Å²) in [6.07, 6.45) is 6.22. The second-order valence-electron chi connectivity index (χ2n) is 7.30. The van der Waals surface area contributed by atoms with Crippen LogP contribution in [0.15, 0.2) is 30.9 Å². The maximum atomic E-state index is 11.4. The summed E-state index contributed by atoms with van der Waals surface area (Å²) in [5.41, 5.74) is 8.90. The zero-order valence-corrected chi connectivity index (χ0v) is 18.0. The van der Waals surface area contributed by atoms with Crippen molar-refractivity contribution in [3.63, 3.8) is 0 Å². The molecule has 1 aliphatic heterocycles. The van der Waals surface area contributed by atoms with Crippen LogP contribution in [0.2, 0.25) is 0 Å². The summed E-state index contributed by atoms with van der Waals surface area (Å²) in [5, 5.41) is 9.36. The Morgan fingerprint density at radius 3 is 2.59 bits per heavy atom. The van der Waals surface area contributed by atoms with Crippen molar-refractivity contribution in [2.45, 2.75) is 6.92 Å². The molecule has 0 aliphatic carbocycles. The molecule has 11 heteroatoms. The average Bonchev–Trinajstić information content (AvgIpc) is 3.16. The zero-order valence-electron chi connectivity index (χ0n) is 17.1. The third-order valence-electron chi connectivity index (χ3n) is 5.24. The van der Waals surface area contributed by atoms with E-state index in [1.54, 1.807) is 24.7 Å². The molecule has 0 spiro atoms. The molecule has 3 N–H and O–H groups in total. The predicted octanol–water partition coefficient (Wildman–Crippen LogP) is 2.64. The normalized spacial score (nSPS) is 14.1. The molecule has 0 radical (unpaired) electrons. The lowest BCUT2D eigenvalue weighted by molar-refractivity contribution is 0.0696. The van der Waals surface area contributed by atoms with E-state index in [2.05, 4.69) is 19.9 Å². The first-order valence-corrected chi connectivity index (χ1v) is 10.7. The Bertz CT molecular complexity index is 1320. The Morgan fingerprint density at radius 1 is 1.12 bits per heavy atom. The number of ether oxygens (including phenoxy) is 1. The summed E-state index contributed by atoms with van der Waals surface area (Å²) < 4.78 is 6.45. The first kappa shape index (κ1) is 20.2. The Hall–Kier alpha value is -3.70. The van der Waals surface area contributed by atoms with Gasteiger partial charge in [-0.1, -0.05) is 0 Å². The van der Waals surface area contributed by atoms with Gasteiger partial charge in [0.1, 0.15) is 0 Å². The van der Waals surface area contributed by atoms with Gasteiger partial charge in [0.25, 0.3) is 0 Å². The molecule has 4 aromatic rings. The SMILES string of the molecule is Cc1c(-c2cncc(C(=O)O)c2)sc2c(N3CCOCC3)nc(-c3cnc(N)nc3)nc12. The lowest BCUT2D eigenvalue weighted by Crippen LogP contribution is -2.36. The fraction of sp³-hybridized carbons (Fsp3) is 0.238. The van der Waals surface area contributed by atoms with Crippen LogP contribution in [0.3, 0.4) is 0 Å². The molecule has 32 heavy (non-hydrogen) atoms. The number of nitrogens with two attached hydrogens (primary N) is 1. The van der Waals surface area contributed by atoms with Gasteiger partial charge in [0.05, 0.1) is 34.6 Å². The Morgan fingerprint density at radius 2 is 1.88 bits per heavy atom. The number of aromatic nitrogens is 5. The molecule has 0 unspecified atom stereocenters. The van der Waals surface area contributed by atoms with Crippen molar-refractivity contribution in [2.75, 3.05) is 36.9 Å². The highest BCUT2D eigenvalue weighted by Gasteiger charge is 2.23. The minimum atomic E-state index is -1.02. The van der Waals surface area contributed by atoms with E-state index < -0.39 is 5.97 Å². The van der Waals surface area contributed by atoms with Gasteiger partial charge in [-0.2, -0.15) is 0 Å². The molecular formula is C21H19N7O3S. The van der Waals surface area contributed by atoms with Gasteiger partial charge in [-0.15, -0.1) is 11.3 Å². The van der Waals surface area contributed by atoms with E-state index in [0.29, 0.717) is 37.7 Å². The topological polar surface area (TPSA) is 140 Å². The number of fused-ring (bicyclic) bond motifs is 1. The molecule has 1 fully saturated rings. The molecule has 162 valence electrons. The third kappa shape index (κ3) is 3.61. The minimum Gasteiger partial charge on any atom is -0.478 e. The zero-order chi connectivity index (χ0) is 22.2. The fourth-order valence-electron chi connectivity index (χ4n) is 3.60. The molecule has 10 nitrogen and oxygen atoms in total. The van der Waals surface area contributed by atoms with Crippen LogP contribution in [0.4, 0.5) is 11.8 Å². The van der Waals surface area contributed by atoms with E-state index >= 15 is 0 Å². The van der Waals surface area contributed by atoms with Crippen LogP contribution in [0.25, 0.3) is 32.0 Å². The number of morpholine rings is 1. The summed E-state index contributed by atoms with van der Waals surface area (Å²) in [6, 6.07) is 1.63. The summed E-state index contributed by atoms with van der Waals surface area (Å²) in [5.74, 6) is 0.483. The van der Waals surface area contributed by atoms with E-state index in [-0.39, 0.29) is 11.5 Å². The van der Waals surface area contributed by atoms with Crippen molar-refractivity contribution >= 4 is 39.3 Å². The van der Waals surface area contributed by atoms with Crippen molar-refractivity contribution in [1.29, 1.82) is 0 Å². The van der Waals surface area contributed by atoms with Crippen molar-refractivity contribution in [2.24, 2.45) is 0 Å². The third-order valence-corrected chi connectivity index (χ3v) is 6.56. The maximum absolute atomic E-state index is 11.4. The Labute approximate surface area is 186 Å². The summed E-state index contributed by atoms with van der Waals surface area (Å²) >= 11 is 1.53. The highest BCUT2D eigenvalue weighted by molar-refractivity contribution is 7.23. The maximum Gasteiger partial charge on any atom is 0.337 e. The lowest BCUT2D eigenvalue weighted by Gasteiger charge is -2.28. The van der Waals surface area contributed by atoms with Gasteiger partial charge in [0, 0.05) is 48.3 Å². The largest absolute Gasteiger partial charge is 0.478 e. The van der Waals surface area contributed by atoms with Crippen LogP contribution < -0.4 is 10.6 Å². The number of carboxylic acid groups (broad SMARTS) is 1. The standard InChI is InChI=1S/C21H19N7O3S/c1-11-15-17(32-16(11)12-6-13(20(29)30)8-23-7-12)19(28-2-4-31-5-3-28)27-18(26-15)14-9-24-21(22)25-10-14/h6-10H,2-5H2,1H3,(H,29,30)(H2,22,24,25). The van der Waals surface area contributed by atoms with Crippen molar-refractivity contribution in [1.82, 2.24) is 24.9 Å². The van der Waals surface area contributed by atoms with Crippen molar-refractivity contribution in [3.8, 4) is 21.8 Å². The number of nitrogen functional groups attached to an aromatic ring is 1. The summed E-state index contributed by atoms with van der Waals surface area (Å²) in [4.78, 5) is 36.4. The van der Waals surface area contributed by atoms with Gasteiger partial charge in [-0.05, 0) is 18.6 Å².